The summed E-state index contributed by atoms with van der Waals surface area (Å²) >= 11 is 0.639. The van der Waals surface area contributed by atoms with Crippen molar-refractivity contribution in [3.05, 3.63) is 0 Å². The molecule has 0 saturated heterocycles. The fraction of sp³-hybridized carbons (Fsp3) is 0.667. The molecule has 0 aliphatic carbocycles. The molecule has 0 rings (SSSR count). The zero-order valence-corrected chi connectivity index (χ0v) is 5.51. The lowest BCUT2D eigenvalue weighted by molar-refractivity contribution is -0.432. The standard InChI is InChI=1S/C3H6O5S/c1-6-3(4)2-9-8-7-5/h5H,2H2,1H3. The van der Waals surface area contributed by atoms with Crippen LogP contribution < -0.4 is 0 Å². The second-order valence-corrected chi connectivity index (χ2v) is 1.64. The van der Waals surface area contributed by atoms with E-state index in [0.717, 1.165) is 0 Å². The van der Waals surface area contributed by atoms with Crippen LogP contribution in [0.1, 0.15) is 0 Å². The van der Waals surface area contributed by atoms with Crippen molar-refractivity contribution >= 4 is 18.0 Å². The summed E-state index contributed by atoms with van der Waals surface area (Å²) in [7, 11) is 1.25. The number of hydrogen-bond donors (Lipinski definition) is 1. The van der Waals surface area contributed by atoms with Gasteiger partial charge < -0.3 is 4.74 Å². The van der Waals surface area contributed by atoms with Crippen LogP contribution in [-0.2, 0) is 18.9 Å². The molecule has 0 radical (unpaired) electrons. The van der Waals surface area contributed by atoms with Crippen molar-refractivity contribution in [3.63, 3.8) is 0 Å². The molecule has 0 aromatic rings. The molecule has 54 valence electrons. The number of methoxy groups -OCH3 is 1. The van der Waals surface area contributed by atoms with Gasteiger partial charge in [-0.2, -0.15) is 0 Å². The summed E-state index contributed by atoms with van der Waals surface area (Å²) in [5, 5.41) is 10.7. The number of carbonyl (C=O) groups is 1. The first-order chi connectivity index (χ1) is 4.31. The summed E-state index contributed by atoms with van der Waals surface area (Å²) in [4.78, 5) is 10.2. The molecule has 0 amide bonds. The molecular weight excluding hydrogens is 148 g/mol. The minimum Gasteiger partial charge on any atom is -0.468 e. The number of rotatable bonds is 4. The van der Waals surface area contributed by atoms with Crippen LogP contribution in [0.5, 0.6) is 0 Å². The zero-order valence-electron chi connectivity index (χ0n) is 4.70. The summed E-state index contributed by atoms with van der Waals surface area (Å²) in [6.45, 7) is 0. The van der Waals surface area contributed by atoms with Gasteiger partial charge in [0.2, 0.25) is 0 Å². The maximum Gasteiger partial charge on any atom is 0.318 e. The van der Waals surface area contributed by atoms with Gasteiger partial charge in [-0.15, -0.1) is 4.33 Å². The van der Waals surface area contributed by atoms with Crippen molar-refractivity contribution in [1.82, 2.24) is 0 Å². The maximum atomic E-state index is 10.2. The Balaban J connectivity index is 2.97. The van der Waals surface area contributed by atoms with Gasteiger partial charge in [-0.25, -0.2) is 5.26 Å². The van der Waals surface area contributed by atoms with Crippen molar-refractivity contribution in [3.8, 4) is 0 Å². The largest absolute Gasteiger partial charge is 0.468 e. The predicted molar refractivity (Wildman–Crippen MR) is 29.3 cm³/mol. The lowest BCUT2D eigenvalue weighted by atomic mass is 10.8. The molecule has 0 spiro atoms. The van der Waals surface area contributed by atoms with E-state index in [1.165, 1.54) is 7.11 Å². The molecule has 0 atom stereocenters. The Morgan fingerprint density at radius 2 is 2.44 bits per heavy atom. The minimum absolute atomic E-state index is 0.0168. The molecule has 0 aromatic heterocycles. The summed E-state index contributed by atoms with van der Waals surface area (Å²) in [6.07, 6.45) is 0. The molecule has 0 aliphatic rings. The first-order valence-electron chi connectivity index (χ1n) is 1.97. The smallest absolute Gasteiger partial charge is 0.318 e. The van der Waals surface area contributed by atoms with Gasteiger partial charge in [0.1, 0.15) is 5.75 Å². The van der Waals surface area contributed by atoms with Crippen molar-refractivity contribution in [1.29, 1.82) is 0 Å². The van der Waals surface area contributed by atoms with E-state index in [1.807, 2.05) is 0 Å². The Morgan fingerprint density at radius 1 is 1.78 bits per heavy atom. The van der Waals surface area contributed by atoms with Gasteiger partial charge in [0.25, 0.3) is 0 Å². The second kappa shape index (κ2) is 5.83. The van der Waals surface area contributed by atoms with E-state index < -0.39 is 5.97 Å². The monoisotopic (exact) mass is 154 g/mol. The molecule has 5 nitrogen and oxygen atoms in total. The van der Waals surface area contributed by atoms with E-state index in [9.17, 15) is 4.79 Å². The lowest BCUT2D eigenvalue weighted by Gasteiger charge is -1.94. The molecule has 0 aromatic carbocycles. The van der Waals surface area contributed by atoms with Gasteiger partial charge in [-0.05, 0) is 0 Å². The van der Waals surface area contributed by atoms with Crippen LogP contribution >= 0.6 is 12.0 Å². The van der Waals surface area contributed by atoms with Crippen LogP contribution in [-0.4, -0.2) is 24.1 Å². The molecule has 0 saturated carbocycles. The lowest BCUT2D eigenvalue weighted by Crippen LogP contribution is -2.03. The van der Waals surface area contributed by atoms with Crippen molar-refractivity contribution < 1.29 is 24.2 Å². The van der Waals surface area contributed by atoms with E-state index in [1.54, 1.807) is 0 Å². The maximum absolute atomic E-state index is 10.2. The molecule has 0 unspecified atom stereocenters. The molecule has 1 N–H and O–H groups in total. The van der Waals surface area contributed by atoms with E-state index in [-0.39, 0.29) is 5.75 Å². The number of esters is 1. The SMILES string of the molecule is COC(=O)CSOOO. The molecule has 0 aliphatic heterocycles. The van der Waals surface area contributed by atoms with Crippen LogP contribution in [0.2, 0.25) is 0 Å². The second-order valence-electron chi connectivity index (χ2n) is 0.981. The summed E-state index contributed by atoms with van der Waals surface area (Å²) < 4.78 is 8.10. The average molecular weight is 154 g/mol. The first kappa shape index (κ1) is 8.70. The van der Waals surface area contributed by atoms with E-state index >= 15 is 0 Å². The molecule has 0 bridgehead atoms. The van der Waals surface area contributed by atoms with E-state index in [0.29, 0.717) is 12.0 Å². The van der Waals surface area contributed by atoms with Crippen LogP contribution in [0.25, 0.3) is 0 Å². The zero-order chi connectivity index (χ0) is 7.11. The van der Waals surface area contributed by atoms with Gasteiger partial charge >= 0.3 is 5.97 Å². The van der Waals surface area contributed by atoms with E-state index in [4.69, 9.17) is 5.26 Å². The molecule has 9 heavy (non-hydrogen) atoms. The Hall–Kier alpha value is -0.300. The minimum atomic E-state index is -0.447. The van der Waals surface area contributed by atoms with Crippen LogP contribution in [0.15, 0.2) is 0 Å². The Bertz CT molecular complexity index is 84.3. The Labute approximate surface area is 56.0 Å². The Kier molecular flexibility index (Phi) is 5.64. The number of carbonyl (C=O) groups excluding carboxylic acids is 1. The summed E-state index contributed by atoms with van der Waals surface area (Å²) in [5.41, 5.74) is 0. The normalized spacial score (nSPS) is 9.11. The van der Waals surface area contributed by atoms with Crippen molar-refractivity contribution in [2.45, 2.75) is 0 Å². The van der Waals surface area contributed by atoms with Gasteiger partial charge in [-0.3, -0.25) is 4.79 Å². The van der Waals surface area contributed by atoms with Crippen LogP contribution in [0.4, 0.5) is 0 Å². The highest BCUT2D eigenvalue weighted by molar-refractivity contribution is 7.95. The first-order valence-corrected chi connectivity index (χ1v) is 2.89. The molecule has 0 fully saturated rings. The van der Waals surface area contributed by atoms with Gasteiger partial charge in [0, 0.05) is 12.0 Å². The van der Waals surface area contributed by atoms with Gasteiger partial charge in [0.15, 0.2) is 0 Å². The summed E-state index contributed by atoms with van der Waals surface area (Å²) in [6, 6.07) is 0. The summed E-state index contributed by atoms with van der Waals surface area (Å²) in [5.74, 6) is -0.464. The number of hydrogen-bond acceptors (Lipinski definition) is 6. The number of ether oxygens (including phenoxy) is 1. The molecular formula is C3H6O5S. The van der Waals surface area contributed by atoms with Crippen molar-refractivity contribution in [2.24, 2.45) is 0 Å². The average Bonchev–Trinajstić information content (AvgIpc) is 1.89. The highest BCUT2D eigenvalue weighted by Gasteiger charge is 1.99. The molecule has 6 heteroatoms. The quantitative estimate of drug-likeness (QED) is 0.205. The van der Waals surface area contributed by atoms with Crippen LogP contribution in [0, 0.1) is 0 Å². The fourth-order valence-electron chi connectivity index (χ4n) is 0.153. The predicted octanol–water partition coefficient (Wildman–Crippen LogP) is 0.229. The highest BCUT2D eigenvalue weighted by Crippen LogP contribution is 2.00. The van der Waals surface area contributed by atoms with E-state index in [2.05, 4.69) is 14.1 Å². The Morgan fingerprint density at radius 3 is 2.89 bits per heavy atom. The van der Waals surface area contributed by atoms with Crippen LogP contribution in [0.3, 0.4) is 0 Å². The topological polar surface area (TPSA) is 65.0 Å². The fourth-order valence-corrected chi connectivity index (χ4v) is 0.458. The third-order valence-corrected chi connectivity index (χ3v) is 0.994. The third-order valence-electron chi connectivity index (χ3n) is 0.483. The molecule has 0 heterocycles. The van der Waals surface area contributed by atoms with Gasteiger partial charge in [-0.1, -0.05) is 5.04 Å². The highest BCUT2D eigenvalue weighted by atomic mass is 32.2. The third kappa shape index (κ3) is 5.57. The van der Waals surface area contributed by atoms with Crippen molar-refractivity contribution in [2.75, 3.05) is 12.9 Å². The van der Waals surface area contributed by atoms with Gasteiger partial charge in [0.05, 0.1) is 7.11 Å².